The molecular formula is C28H30N2O2. The molecule has 1 saturated carbocycles. The van der Waals surface area contributed by atoms with Crippen LogP contribution in [0, 0.1) is 5.92 Å². The summed E-state index contributed by atoms with van der Waals surface area (Å²) in [4.78, 5) is 18.4. The van der Waals surface area contributed by atoms with E-state index in [0.29, 0.717) is 0 Å². The molecule has 1 saturated heterocycles. The lowest BCUT2D eigenvalue weighted by molar-refractivity contribution is 0.0976. The Morgan fingerprint density at radius 3 is 2.53 bits per heavy atom. The zero-order valence-electron chi connectivity index (χ0n) is 18.7. The maximum Gasteiger partial charge on any atom is 0.258 e. The van der Waals surface area contributed by atoms with E-state index in [9.17, 15) is 4.79 Å². The number of benzene rings is 3. The molecule has 0 radical (unpaired) electrons. The van der Waals surface area contributed by atoms with E-state index in [1.54, 1.807) is 7.11 Å². The number of piperidine rings is 1. The number of carbonyl (C=O) groups is 1. The molecule has 2 aliphatic heterocycles. The van der Waals surface area contributed by atoms with Crippen molar-refractivity contribution < 1.29 is 9.53 Å². The lowest BCUT2D eigenvalue weighted by Gasteiger charge is -2.40. The van der Waals surface area contributed by atoms with Gasteiger partial charge >= 0.3 is 0 Å². The number of amides is 1. The first kappa shape index (κ1) is 19.8. The van der Waals surface area contributed by atoms with E-state index >= 15 is 0 Å². The number of likely N-dealkylation sites (tertiary alicyclic amines) is 1. The predicted molar refractivity (Wildman–Crippen MR) is 129 cm³/mol. The van der Waals surface area contributed by atoms with E-state index in [2.05, 4.69) is 35.2 Å². The van der Waals surface area contributed by atoms with Gasteiger partial charge in [0, 0.05) is 29.8 Å². The lowest BCUT2D eigenvalue weighted by atomic mass is 9.74. The van der Waals surface area contributed by atoms with Crippen LogP contribution >= 0.6 is 0 Å². The Labute approximate surface area is 189 Å². The number of hydrogen-bond donors (Lipinski definition) is 0. The number of fused-ring (bicyclic) bond motifs is 3. The van der Waals surface area contributed by atoms with Crippen LogP contribution in [0.1, 0.15) is 41.6 Å². The second-order valence-electron chi connectivity index (χ2n) is 9.86. The summed E-state index contributed by atoms with van der Waals surface area (Å²) in [6.07, 6.45) is 4.99. The average Bonchev–Trinajstić information content (AvgIpc) is 3.61. The molecule has 1 aliphatic carbocycles. The van der Waals surface area contributed by atoms with Gasteiger partial charge in [0.15, 0.2) is 0 Å². The minimum Gasteiger partial charge on any atom is -0.497 e. The fourth-order valence-corrected chi connectivity index (χ4v) is 5.69. The standard InChI is InChI=1S/C28H30N2O2/c1-32-24-10-11-26-25(17-24)28(12-14-29(15-13-28)18-20-6-7-20)19-30(26)27(31)23-9-8-21-4-2-3-5-22(21)16-23/h2-5,8-11,16-17,20H,6-7,12-15,18-19H2,1H3. The molecule has 1 spiro atoms. The van der Waals surface area contributed by atoms with Crippen LogP contribution < -0.4 is 9.64 Å². The fraction of sp³-hybridized carbons (Fsp3) is 0.393. The summed E-state index contributed by atoms with van der Waals surface area (Å²) < 4.78 is 5.57. The summed E-state index contributed by atoms with van der Waals surface area (Å²) >= 11 is 0. The van der Waals surface area contributed by atoms with Crippen molar-refractivity contribution in [3.63, 3.8) is 0 Å². The van der Waals surface area contributed by atoms with Crippen LogP contribution in [0.4, 0.5) is 5.69 Å². The monoisotopic (exact) mass is 426 g/mol. The van der Waals surface area contributed by atoms with E-state index in [1.807, 2.05) is 35.2 Å². The van der Waals surface area contributed by atoms with E-state index in [-0.39, 0.29) is 11.3 Å². The van der Waals surface area contributed by atoms with Crippen molar-refractivity contribution in [1.29, 1.82) is 0 Å². The number of carbonyl (C=O) groups excluding carboxylic acids is 1. The average molecular weight is 427 g/mol. The van der Waals surface area contributed by atoms with Crippen molar-refractivity contribution in [1.82, 2.24) is 4.90 Å². The van der Waals surface area contributed by atoms with Crippen LogP contribution in [0.15, 0.2) is 60.7 Å². The third-order valence-electron chi connectivity index (χ3n) is 7.79. The van der Waals surface area contributed by atoms with Crippen molar-refractivity contribution in [3.05, 3.63) is 71.8 Å². The third-order valence-corrected chi connectivity index (χ3v) is 7.79. The van der Waals surface area contributed by atoms with Crippen LogP contribution in [0.2, 0.25) is 0 Å². The van der Waals surface area contributed by atoms with Crippen LogP contribution in [0.25, 0.3) is 10.8 Å². The van der Waals surface area contributed by atoms with Crippen molar-refractivity contribution in [2.45, 2.75) is 31.1 Å². The van der Waals surface area contributed by atoms with Gasteiger partial charge in [0.1, 0.15) is 5.75 Å². The molecule has 0 aromatic heterocycles. The smallest absolute Gasteiger partial charge is 0.258 e. The second-order valence-corrected chi connectivity index (χ2v) is 9.86. The third kappa shape index (κ3) is 3.38. The molecule has 2 heterocycles. The topological polar surface area (TPSA) is 32.8 Å². The maximum absolute atomic E-state index is 13.7. The number of nitrogens with zero attached hydrogens (tertiary/aromatic N) is 2. The Morgan fingerprint density at radius 2 is 1.78 bits per heavy atom. The first-order valence-electron chi connectivity index (χ1n) is 11.9. The first-order chi connectivity index (χ1) is 15.6. The van der Waals surface area contributed by atoms with E-state index in [0.717, 1.165) is 66.2 Å². The van der Waals surface area contributed by atoms with Gasteiger partial charge in [0.05, 0.1) is 7.11 Å². The second kappa shape index (κ2) is 7.63. The number of anilines is 1. The number of methoxy groups -OCH3 is 1. The Hall–Kier alpha value is -2.85. The Morgan fingerprint density at radius 1 is 1.00 bits per heavy atom. The summed E-state index contributed by atoms with van der Waals surface area (Å²) in [6, 6.07) is 20.5. The highest BCUT2D eigenvalue weighted by atomic mass is 16.5. The van der Waals surface area contributed by atoms with Gasteiger partial charge in [0.2, 0.25) is 0 Å². The molecule has 6 rings (SSSR count). The molecule has 32 heavy (non-hydrogen) atoms. The van der Waals surface area contributed by atoms with Crippen molar-refractivity contribution >= 4 is 22.4 Å². The normalized spacial score (nSPS) is 20.0. The zero-order valence-corrected chi connectivity index (χ0v) is 18.7. The van der Waals surface area contributed by atoms with Gasteiger partial charge in [-0.3, -0.25) is 4.79 Å². The molecule has 2 fully saturated rings. The predicted octanol–water partition coefficient (Wildman–Crippen LogP) is 5.25. The Balaban J connectivity index is 1.33. The number of hydrogen-bond acceptors (Lipinski definition) is 3. The first-order valence-corrected chi connectivity index (χ1v) is 11.9. The lowest BCUT2D eigenvalue weighted by Crippen LogP contribution is -2.46. The zero-order chi connectivity index (χ0) is 21.7. The molecule has 1 amide bonds. The summed E-state index contributed by atoms with van der Waals surface area (Å²) in [5.74, 6) is 1.90. The Kier molecular flexibility index (Phi) is 4.72. The summed E-state index contributed by atoms with van der Waals surface area (Å²) in [7, 11) is 1.72. The Bertz CT molecular complexity index is 1180. The highest BCUT2D eigenvalue weighted by molar-refractivity contribution is 6.09. The minimum absolute atomic E-state index is 0.0242. The molecule has 0 N–H and O–H groups in total. The number of ether oxygens (including phenoxy) is 1. The SMILES string of the molecule is COc1ccc2c(c1)C1(CCN(CC3CC3)CC1)CN2C(=O)c1ccc2ccccc2c1. The minimum atomic E-state index is 0.0242. The van der Waals surface area contributed by atoms with Gasteiger partial charge in [-0.05, 0) is 91.4 Å². The van der Waals surface area contributed by atoms with Crippen LogP contribution in [-0.2, 0) is 5.41 Å². The summed E-state index contributed by atoms with van der Waals surface area (Å²) in [5, 5.41) is 2.27. The molecular weight excluding hydrogens is 396 g/mol. The molecule has 3 aromatic carbocycles. The molecule has 3 aliphatic rings. The summed E-state index contributed by atoms with van der Waals surface area (Å²) in [6.45, 7) is 4.25. The molecule has 0 unspecified atom stereocenters. The van der Waals surface area contributed by atoms with Gasteiger partial charge in [-0.15, -0.1) is 0 Å². The largest absolute Gasteiger partial charge is 0.497 e. The molecule has 4 nitrogen and oxygen atoms in total. The maximum atomic E-state index is 13.7. The molecule has 164 valence electrons. The quantitative estimate of drug-likeness (QED) is 0.571. The van der Waals surface area contributed by atoms with Crippen LogP contribution in [-0.4, -0.2) is 44.1 Å². The van der Waals surface area contributed by atoms with Gasteiger partial charge < -0.3 is 14.5 Å². The highest BCUT2D eigenvalue weighted by Gasteiger charge is 2.47. The van der Waals surface area contributed by atoms with Gasteiger partial charge in [0.25, 0.3) is 5.91 Å². The van der Waals surface area contributed by atoms with Gasteiger partial charge in [-0.1, -0.05) is 30.3 Å². The fourth-order valence-electron chi connectivity index (χ4n) is 5.69. The van der Waals surface area contributed by atoms with Crippen molar-refractivity contribution in [3.8, 4) is 5.75 Å². The molecule has 0 bridgehead atoms. The van der Waals surface area contributed by atoms with Crippen LogP contribution in [0.3, 0.4) is 0 Å². The van der Waals surface area contributed by atoms with Crippen molar-refractivity contribution in [2.75, 3.05) is 38.2 Å². The number of rotatable bonds is 4. The van der Waals surface area contributed by atoms with E-state index in [1.165, 1.54) is 24.9 Å². The van der Waals surface area contributed by atoms with E-state index in [4.69, 9.17) is 4.74 Å². The van der Waals surface area contributed by atoms with Gasteiger partial charge in [-0.25, -0.2) is 0 Å². The van der Waals surface area contributed by atoms with Crippen LogP contribution in [0.5, 0.6) is 5.75 Å². The molecule has 3 aromatic rings. The molecule has 0 atom stereocenters. The summed E-state index contributed by atoms with van der Waals surface area (Å²) in [5.41, 5.74) is 3.13. The van der Waals surface area contributed by atoms with Gasteiger partial charge in [-0.2, -0.15) is 0 Å². The molecule has 4 heteroatoms. The highest BCUT2D eigenvalue weighted by Crippen LogP contribution is 2.49. The van der Waals surface area contributed by atoms with E-state index < -0.39 is 0 Å². The van der Waals surface area contributed by atoms with Crippen molar-refractivity contribution in [2.24, 2.45) is 5.92 Å².